The van der Waals surface area contributed by atoms with E-state index >= 15 is 0 Å². The van der Waals surface area contributed by atoms with Crippen LogP contribution < -0.4 is 0 Å². The fourth-order valence-corrected chi connectivity index (χ4v) is 2.35. The predicted octanol–water partition coefficient (Wildman–Crippen LogP) is 3.89. The van der Waals surface area contributed by atoms with Gasteiger partial charge in [0.25, 0.3) is 5.69 Å². The second kappa shape index (κ2) is 6.92. The first-order valence-corrected chi connectivity index (χ1v) is 7.54. The summed E-state index contributed by atoms with van der Waals surface area (Å²) in [5.41, 5.74) is 2.30. The number of hydrogen-bond donors (Lipinski definition) is 0. The molecule has 6 heteroatoms. The topological polar surface area (TPSA) is 81.8 Å². The quantitative estimate of drug-likeness (QED) is 0.368. The number of carbonyl (C=O) groups is 1. The number of nitro benzene ring substituents is 1. The van der Waals surface area contributed by atoms with Crippen molar-refractivity contribution in [3.05, 3.63) is 93.2 Å². The van der Waals surface area contributed by atoms with Crippen molar-refractivity contribution in [2.24, 2.45) is 4.99 Å². The number of non-ortho nitro benzene ring substituents is 1. The number of hydrogen-bond acceptors (Lipinski definition) is 5. The largest absolute Gasteiger partial charge is 0.402 e. The van der Waals surface area contributed by atoms with Crippen molar-refractivity contribution in [3.8, 4) is 0 Å². The first kappa shape index (κ1) is 16.3. The second-order valence-corrected chi connectivity index (χ2v) is 5.44. The normalized spacial score (nSPS) is 15.9. The van der Waals surface area contributed by atoms with Gasteiger partial charge in [0, 0.05) is 17.7 Å². The standard InChI is InChI=1S/C19H14N2O4/c1-13(10-14-6-3-2-4-7-14)11-17-19(22)25-18(20-17)15-8-5-9-16(12-15)21(23)24/h2-12H,1H3/b13-10+,17-11+. The van der Waals surface area contributed by atoms with E-state index < -0.39 is 10.9 Å². The highest BCUT2D eigenvalue weighted by Crippen LogP contribution is 2.21. The summed E-state index contributed by atoms with van der Waals surface area (Å²) in [4.78, 5) is 26.5. The molecule has 0 aromatic heterocycles. The lowest BCUT2D eigenvalue weighted by molar-refractivity contribution is -0.384. The third-order valence-electron chi connectivity index (χ3n) is 3.48. The Balaban J connectivity index is 1.88. The third kappa shape index (κ3) is 3.87. The highest BCUT2D eigenvalue weighted by atomic mass is 16.6. The molecule has 6 nitrogen and oxygen atoms in total. The van der Waals surface area contributed by atoms with Gasteiger partial charge in [0.2, 0.25) is 5.90 Å². The van der Waals surface area contributed by atoms with Gasteiger partial charge >= 0.3 is 5.97 Å². The van der Waals surface area contributed by atoms with Crippen molar-refractivity contribution < 1.29 is 14.5 Å². The molecule has 0 atom stereocenters. The Morgan fingerprint density at radius 2 is 1.92 bits per heavy atom. The third-order valence-corrected chi connectivity index (χ3v) is 3.48. The molecule has 1 heterocycles. The van der Waals surface area contributed by atoms with Gasteiger partial charge in [-0.1, -0.05) is 42.5 Å². The molecular formula is C19H14N2O4. The maximum absolute atomic E-state index is 12.0. The summed E-state index contributed by atoms with van der Waals surface area (Å²) in [6.45, 7) is 1.86. The van der Waals surface area contributed by atoms with Gasteiger partial charge < -0.3 is 4.74 Å². The SMILES string of the molecule is CC(=C\c1ccccc1)/C=C1/N=C(c2cccc([N+](=O)[O-])c2)OC1=O. The zero-order chi connectivity index (χ0) is 17.8. The highest BCUT2D eigenvalue weighted by molar-refractivity contribution is 6.11. The zero-order valence-corrected chi connectivity index (χ0v) is 13.4. The molecule has 0 saturated carbocycles. The van der Waals surface area contributed by atoms with Gasteiger partial charge in [-0.05, 0) is 30.2 Å². The number of esters is 1. The molecule has 3 rings (SSSR count). The summed E-state index contributed by atoms with van der Waals surface area (Å²) in [5.74, 6) is -0.519. The molecule has 124 valence electrons. The Morgan fingerprint density at radius 3 is 2.64 bits per heavy atom. The van der Waals surface area contributed by atoms with Crippen molar-refractivity contribution in [3.63, 3.8) is 0 Å². The first-order valence-electron chi connectivity index (χ1n) is 7.54. The average molecular weight is 334 g/mol. The van der Waals surface area contributed by atoms with E-state index in [1.165, 1.54) is 18.2 Å². The van der Waals surface area contributed by atoms with Gasteiger partial charge in [-0.2, -0.15) is 0 Å². The number of nitrogens with zero attached hydrogens (tertiary/aromatic N) is 2. The van der Waals surface area contributed by atoms with Crippen molar-refractivity contribution in [2.45, 2.75) is 6.92 Å². The van der Waals surface area contributed by atoms with E-state index in [2.05, 4.69) is 4.99 Å². The Morgan fingerprint density at radius 1 is 1.16 bits per heavy atom. The Labute approximate surface area is 143 Å². The first-order chi connectivity index (χ1) is 12.0. The van der Waals surface area contributed by atoms with E-state index in [1.54, 1.807) is 12.1 Å². The molecule has 0 aliphatic carbocycles. The van der Waals surface area contributed by atoms with E-state index in [1.807, 2.05) is 43.3 Å². The van der Waals surface area contributed by atoms with Crippen molar-refractivity contribution in [1.29, 1.82) is 0 Å². The molecule has 0 fully saturated rings. The summed E-state index contributed by atoms with van der Waals surface area (Å²) in [7, 11) is 0. The molecular weight excluding hydrogens is 320 g/mol. The average Bonchev–Trinajstić information content (AvgIpc) is 2.96. The maximum Gasteiger partial charge on any atom is 0.363 e. The fraction of sp³-hybridized carbons (Fsp3) is 0.0526. The minimum atomic E-state index is -0.581. The number of rotatable bonds is 4. The van der Waals surface area contributed by atoms with Gasteiger partial charge in [0.05, 0.1) is 4.92 Å². The van der Waals surface area contributed by atoms with Crippen LogP contribution in [0.4, 0.5) is 5.69 Å². The fourth-order valence-electron chi connectivity index (χ4n) is 2.35. The summed E-state index contributed by atoms with van der Waals surface area (Å²) >= 11 is 0. The molecule has 2 aromatic carbocycles. The number of ether oxygens (including phenoxy) is 1. The molecule has 0 bridgehead atoms. The monoisotopic (exact) mass is 334 g/mol. The number of cyclic esters (lactones) is 1. The lowest BCUT2D eigenvalue weighted by atomic mass is 10.1. The number of benzene rings is 2. The van der Waals surface area contributed by atoms with Crippen LogP contribution in [-0.2, 0) is 9.53 Å². The van der Waals surface area contributed by atoms with E-state index in [-0.39, 0.29) is 17.3 Å². The molecule has 0 amide bonds. The van der Waals surface area contributed by atoms with Gasteiger partial charge in [0.15, 0.2) is 5.70 Å². The Kier molecular flexibility index (Phi) is 4.52. The van der Waals surface area contributed by atoms with Gasteiger partial charge in [0.1, 0.15) is 0 Å². The predicted molar refractivity (Wildman–Crippen MR) is 93.9 cm³/mol. The van der Waals surface area contributed by atoms with Crippen LogP contribution in [0.1, 0.15) is 18.1 Å². The molecule has 25 heavy (non-hydrogen) atoms. The van der Waals surface area contributed by atoms with E-state index in [0.717, 1.165) is 11.1 Å². The Bertz CT molecular complexity index is 927. The van der Waals surface area contributed by atoms with Crippen LogP contribution in [0.25, 0.3) is 6.08 Å². The molecule has 0 spiro atoms. The molecule has 0 N–H and O–H groups in total. The molecule has 0 unspecified atom stereocenters. The number of nitro groups is 1. The molecule has 0 radical (unpaired) electrons. The molecule has 2 aromatic rings. The van der Waals surface area contributed by atoms with E-state index in [4.69, 9.17) is 4.74 Å². The van der Waals surface area contributed by atoms with Crippen LogP contribution >= 0.6 is 0 Å². The van der Waals surface area contributed by atoms with E-state index in [9.17, 15) is 14.9 Å². The minimum Gasteiger partial charge on any atom is -0.402 e. The van der Waals surface area contributed by atoms with Gasteiger partial charge in [-0.15, -0.1) is 0 Å². The molecule has 1 aliphatic heterocycles. The Hall–Kier alpha value is -3.54. The summed E-state index contributed by atoms with van der Waals surface area (Å²) in [5, 5.41) is 10.9. The van der Waals surface area contributed by atoms with E-state index in [0.29, 0.717) is 5.56 Å². The number of carbonyl (C=O) groups excluding carboxylic acids is 1. The van der Waals surface area contributed by atoms with Gasteiger partial charge in [-0.25, -0.2) is 9.79 Å². The van der Waals surface area contributed by atoms with Crippen LogP contribution in [-0.4, -0.2) is 16.8 Å². The number of allylic oxidation sites excluding steroid dienone is 2. The van der Waals surface area contributed by atoms with Crippen LogP contribution in [0, 0.1) is 10.1 Å². The summed E-state index contributed by atoms with van der Waals surface area (Å²) in [6.07, 6.45) is 3.54. The lowest BCUT2D eigenvalue weighted by Gasteiger charge is -1.98. The number of aliphatic imine (C=N–C) groups is 1. The van der Waals surface area contributed by atoms with Crippen LogP contribution in [0.3, 0.4) is 0 Å². The van der Waals surface area contributed by atoms with Crippen LogP contribution in [0.2, 0.25) is 0 Å². The van der Waals surface area contributed by atoms with Crippen LogP contribution in [0.5, 0.6) is 0 Å². The van der Waals surface area contributed by atoms with Crippen LogP contribution in [0.15, 0.2) is 76.9 Å². The van der Waals surface area contributed by atoms with Crippen molar-refractivity contribution >= 4 is 23.6 Å². The molecule has 0 saturated heterocycles. The minimum absolute atomic E-state index is 0.0625. The summed E-state index contributed by atoms with van der Waals surface area (Å²) < 4.78 is 5.14. The summed E-state index contributed by atoms with van der Waals surface area (Å²) in [6, 6.07) is 15.5. The molecule has 1 aliphatic rings. The second-order valence-electron chi connectivity index (χ2n) is 5.44. The highest BCUT2D eigenvalue weighted by Gasteiger charge is 2.25. The lowest BCUT2D eigenvalue weighted by Crippen LogP contribution is -2.05. The maximum atomic E-state index is 12.0. The smallest absolute Gasteiger partial charge is 0.363 e. The van der Waals surface area contributed by atoms with Crippen molar-refractivity contribution in [1.82, 2.24) is 0 Å². The zero-order valence-electron chi connectivity index (χ0n) is 13.4. The van der Waals surface area contributed by atoms with Gasteiger partial charge in [-0.3, -0.25) is 10.1 Å². The van der Waals surface area contributed by atoms with Crippen molar-refractivity contribution in [2.75, 3.05) is 0 Å².